The minimum atomic E-state index is -4.27. The van der Waals surface area contributed by atoms with Crippen LogP contribution in [0.3, 0.4) is 0 Å². The van der Waals surface area contributed by atoms with Crippen molar-refractivity contribution in [2.45, 2.75) is 62.3 Å². The molecule has 2 heterocycles. The van der Waals surface area contributed by atoms with Crippen molar-refractivity contribution in [3.8, 4) is 0 Å². The zero-order valence-corrected chi connectivity index (χ0v) is 27.6. The summed E-state index contributed by atoms with van der Waals surface area (Å²) in [7, 11) is -4.27. The highest BCUT2D eigenvalue weighted by Crippen LogP contribution is 2.46. The highest BCUT2D eigenvalue weighted by atomic mass is 32.2. The van der Waals surface area contributed by atoms with Gasteiger partial charge in [-0.15, -0.1) is 0 Å². The molecule has 0 fully saturated rings. The molecule has 4 aromatic rings. The summed E-state index contributed by atoms with van der Waals surface area (Å²) in [6, 6.07) is 23.2. The van der Waals surface area contributed by atoms with E-state index in [0.29, 0.717) is 0 Å². The number of aliphatic hydroxyl groups is 1. The van der Waals surface area contributed by atoms with Gasteiger partial charge in [-0.2, -0.15) is 4.57 Å². The molecule has 3 aromatic carbocycles. The lowest BCUT2D eigenvalue weighted by Gasteiger charge is -2.19. The summed E-state index contributed by atoms with van der Waals surface area (Å²) in [4.78, 5) is 3.61. The van der Waals surface area contributed by atoms with Gasteiger partial charge in [-0.25, -0.2) is 8.42 Å². The van der Waals surface area contributed by atoms with Crippen molar-refractivity contribution in [2.75, 3.05) is 18.1 Å². The maximum Gasteiger partial charge on any atom is 0.263 e. The number of aromatic nitrogens is 1. The van der Waals surface area contributed by atoms with Gasteiger partial charge in [0.15, 0.2) is 6.54 Å². The molecule has 1 aliphatic heterocycles. The van der Waals surface area contributed by atoms with E-state index in [4.69, 9.17) is 0 Å². The third-order valence-corrected chi connectivity index (χ3v) is 10.7. The molecule has 6 rings (SSSR count). The van der Waals surface area contributed by atoms with Crippen molar-refractivity contribution < 1.29 is 22.6 Å². The Kier molecular flexibility index (Phi) is 10.8. The number of nitrogens with zero attached hydrogens (tertiary/aromatic N) is 2. The third kappa shape index (κ3) is 7.89. The molecule has 1 aliphatic carbocycles. The fourth-order valence-corrected chi connectivity index (χ4v) is 8.23. The van der Waals surface area contributed by atoms with E-state index < -0.39 is 10.1 Å². The second kappa shape index (κ2) is 14.7. The molecule has 1 aromatic heterocycles. The largest absolute Gasteiger partial charge is 0.744 e. The Balaban J connectivity index is 0.000000296. The molecule has 44 heavy (non-hydrogen) atoms. The van der Waals surface area contributed by atoms with Crippen LogP contribution in [0, 0.1) is 6.92 Å². The number of hydrogen-bond donors (Lipinski definition) is 1. The maximum absolute atomic E-state index is 10.4. The van der Waals surface area contributed by atoms with Gasteiger partial charge in [-0.1, -0.05) is 71.1 Å². The van der Waals surface area contributed by atoms with Crippen LogP contribution in [0.1, 0.15) is 49.6 Å². The Bertz CT molecular complexity index is 1810. The summed E-state index contributed by atoms with van der Waals surface area (Å²) in [5.41, 5.74) is 6.40. The lowest BCUT2D eigenvalue weighted by atomic mass is 9.95. The number of rotatable bonds is 8. The standard InChI is InChI=1S/C28H31N2OS2.C7H8O3S/c1-2-29-23-12-3-5-14-25(23)32-27(29)19-21-10-9-11-22(18-21)20-28-30(16-7-8-17-31)24-13-4-6-15-26(24)33-28;1-6-2-4-7(5-3-6)11(8,9)10/h3-6,12-15,18-20,31H,2,7-11,16-17H2,1H3;2-5H,1H3,(H,8,9,10)/q+1;/p-1. The fraction of sp³-hybridized carbons (Fsp3) is 0.286. The molecule has 6 nitrogen and oxygen atoms in total. The molecule has 1 N–H and O–H groups in total. The number of hydrogen-bond acceptors (Lipinski definition) is 7. The van der Waals surface area contributed by atoms with E-state index in [-0.39, 0.29) is 11.5 Å². The second-order valence-corrected chi connectivity index (χ2v) is 14.4. The fourth-order valence-electron chi connectivity index (χ4n) is 5.39. The van der Waals surface area contributed by atoms with Crippen LogP contribution in [-0.2, 0) is 16.7 Å². The first-order chi connectivity index (χ1) is 21.3. The van der Waals surface area contributed by atoms with Gasteiger partial charge in [0, 0.05) is 36.6 Å². The normalized spacial score (nSPS) is 16.6. The van der Waals surface area contributed by atoms with Gasteiger partial charge in [0.2, 0.25) is 5.52 Å². The number of thioether (sulfide) groups is 1. The topological polar surface area (TPSA) is 84.5 Å². The van der Waals surface area contributed by atoms with Gasteiger partial charge in [0.1, 0.15) is 14.8 Å². The van der Waals surface area contributed by atoms with Crippen LogP contribution in [0.2, 0.25) is 0 Å². The quantitative estimate of drug-likeness (QED) is 0.119. The number of aliphatic hydroxyl groups excluding tert-OH is 1. The van der Waals surface area contributed by atoms with E-state index in [0.717, 1.165) is 44.3 Å². The van der Waals surface area contributed by atoms with Crippen molar-refractivity contribution in [3.63, 3.8) is 0 Å². The van der Waals surface area contributed by atoms with Crippen LogP contribution in [-0.4, -0.2) is 31.2 Å². The summed E-state index contributed by atoms with van der Waals surface area (Å²) in [6.45, 7) is 6.25. The van der Waals surface area contributed by atoms with Gasteiger partial charge < -0.3 is 14.6 Å². The van der Waals surface area contributed by atoms with Crippen LogP contribution in [0.5, 0.6) is 0 Å². The van der Waals surface area contributed by atoms with Crippen LogP contribution in [0.15, 0.2) is 111 Å². The molecule has 0 saturated heterocycles. The molecule has 2 aliphatic rings. The predicted octanol–water partition coefficient (Wildman–Crippen LogP) is 7.83. The lowest BCUT2D eigenvalue weighted by molar-refractivity contribution is -0.669. The second-order valence-electron chi connectivity index (χ2n) is 10.8. The van der Waals surface area contributed by atoms with Gasteiger partial charge in [-0.3, -0.25) is 0 Å². The molecular formula is C35H38N2O4S3. The molecule has 230 valence electrons. The van der Waals surface area contributed by atoms with Gasteiger partial charge in [0.05, 0.1) is 15.6 Å². The van der Waals surface area contributed by atoms with E-state index in [1.807, 2.05) is 30.0 Å². The number of anilines is 1. The SMILES string of the molecule is CCN1/C(=C\C2=CC(=C/c3sc4ccccc4[n+]3CCCCO)/CCC2)Sc2ccccc21.Cc1ccc(S(=O)(=O)[O-])cc1. The molecular weight excluding hydrogens is 609 g/mol. The van der Waals surface area contributed by atoms with E-state index >= 15 is 0 Å². The van der Waals surface area contributed by atoms with Gasteiger partial charge >= 0.3 is 0 Å². The van der Waals surface area contributed by atoms with Crippen molar-refractivity contribution in [2.24, 2.45) is 0 Å². The summed E-state index contributed by atoms with van der Waals surface area (Å²) in [5.74, 6) is 0. The zero-order chi connectivity index (χ0) is 31.1. The van der Waals surface area contributed by atoms with E-state index in [1.165, 1.54) is 60.5 Å². The van der Waals surface area contributed by atoms with Crippen LogP contribution < -0.4 is 9.47 Å². The molecule has 0 radical (unpaired) electrons. The highest BCUT2D eigenvalue weighted by Gasteiger charge is 2.24. The number of allylic oxidation sites excluding steroid dienone is 4. The molecule has 9 heteroatoms. The first-order valence-corrected chi connectivity index (χ1v) is 18.0. The minimum absolute atomic E-state index is 0.178. The Hall–Kier alpha value is -3.21. The van der Waals surface area contributed by atoms with Crippen molar-refractivity contribution in [1.29, 1.82) is 0 Å². The van der Waals surface area contributed by atoms with Crippen molar-refractivity contribution in [3.05, 3.63) is 112 Å². The molecule has 0 bridgehead atoms. The summed E-state index contributed by atoms with van der Waals surface area (Å²) >= 11 is 3.76. The Labute approximate surface area is 268 Å². The van der Waals surface area contributed by atoms with E-state index in [9.17, 15) is 18.1 Å². The minimum Gasteiger partial charge on any atom is -0.744 e. The van der Waals surface area contributed by atoms with Gasteiger partial charge in [-0.05, 0) is 87.1 Å². The summed E-state index contributed by atoms with van der Waals surface area (Å²) in [5, 5.41) is 11.9. The summed E-state index contributed by atoms with van der Waals surface area (Å²) in [6.07, 6.45) is 12.5. The highest BCUT2D eigenvalue weighted by molar-refractivity contribution is 8.03. The van der Waals surface area contributed by atoms with Crippen LogP contribution in [0.25, 0.3) is 16.3 Å². The first kappa shape index (κ1) is 32.2. The molecule has 0 unspecified atom stereocenters. The average Bonchev–Trinajstić information content (AvgIpc) is 3.54. The third-order valence-electron chi connectivity index (χ3n) is 7.61. The van der Waals surface area contributed by atoms with E-state index in [1.54, 1.807) is 12.1 Å². The number of benzene rings is 3. The van der Waals surface area contributed by atoms with Crippen molar-refractivity contribution in [1.82, 2.24) is 0 Å². The first-order valence-electron chi connectivity index (χ1n) is 15.0. The number of unbranched alkanes of at least 4 members (excludes halogenated alkanes) is 1. The van der Waals surface area contributed by atoms with E-state index in [2.05, 4.69) is 83.1 Å². The van der Waals surface area contributed by atoms with Crippen molar-refractivity contribution >= 4 is 55.2 Å². The monoisotopic (exact) mass is 646 g/mol. The Morgan fingerprint density at radius 2 is 1.73 bits per heavy atom. The van der Waals surface area contributed by atoms with Crippen LogP contribution in [0.4, 0.5) is 5.69 Å². The number of para-hydroxylation sites is 2. The lowest BCUT2D eigenvalue weighted by Crippen LogP contribution is -2.35. The Morgan fingerprint density at radius 1 is 0.977 bits per heavy atom. The zero-order valence-electron chi connectivity index (χ0n) is 25.1. The summed E-state index contributed by atoms with van der Waals surface area (Å²) < 4.78 is 34.9. The van der Waals surface area contributed by atoms with Crippen LogP contribution >= 0.6 is 23.1 Å². The molecule has 0 spiro atoms. The number of fused-ring (bicyclic) bond motifs is 2. The Morgan fingerprint density at radius 3 is 2.48 bits per heavy atom. The average molecular weight is 647 g/mol. The smallest absolute Gasteiger partial charge is 0.263 e. The molecule has 0 amide bonds. The van der Waals surface area contributed by atoms with Gasteiger partial charge in [0.25, 0.3) is 5.01 Å². The molecule has 0 atom stereocenters. The predicted molar refractivity (Wildman–Crippen MR) is 181 cm³/mol. The maximum atomic E-state index is 10.4. The number of thiazole rings is 1. The number of aryl methyl sites for hydroxylation is 2. The molecule has 0 saturated carbocycles.